The zero-order valence-electron chi connectivity index (χ0n) is 17.8. The fraction of sp³-hybridized carbons (Fsp3) is 0.250. The minimum atomic E-state index is 0.0591. The van der Waals surface area contributed by atoms with E-state index in [-0.39, 0.29) is 12.0 Å². The van der Waals surface area contributed by atoms with Gasteiger partial charge >= 0.3 is 0 Å². The molecule has 4 rings (SSSR count). The summed E-state index contributed by atoms with van der Waals surface area (Å²) >= 11 is 0. The molecule has 0 amide bonds. The van der Waals surface area contributed by atoms with Crippen LogP contribution in [0.4, 0.5) is 11.9 Å². The Morgan fingerprint density at radius 3 is 2.66 bits per heavy atom. The van der Waals surface area contributed by atoms with Crippen molar-refractivity contribution in [1.82, 2.24) is 29.7 Å². The average Bonchev–Trinajstić information content (AvgIpc) is 3.44. The quantitative estimate of drug-likeness (QED) is 0.136. The number of rotatable bonds is 8. The van der Waals surface area contributed by atoms with Crippen LogP contribution in [0.15, 0.2) is 52.2 Å². The van der Waals surface area contributed by atoms with Crippen LogP contribution in [-0.2, 0) is 6.42 Å². The first-order valence-electron chi connectivity index (χ1n) is 10.1. The normalized spacial score (nSPS) is 11.9. The first kappa shape index (κ1) is 21.1. The Kier molecular flexibility index (Phi) is 5.85. The van der Waals surface area contributed by atoms with Gasteiger partial charge in [-0.25, -0.2) is 11.0 Å². The van der Waals surface area contributed by atoms with Gasteiger partial charge in [-0.1, -0.05) is 24.3 Å². The first-order valence-corrected chi connectivity index (χ1v) is 10.1. The second kappa shape index (κ2) is 8.89. The lowest BCUT2D eigenvalue weighted by Gasteiger charge is -2.17. The number of nitrogens with two attached hydrogens (primary N) is 3. The van der Waals surface area contributed by atoms with Crippen LogP contribution < -0.4 is 22.6 Å². The predicted molar refractivity (Wildman–Crippen MR) is 121 cm³/mol. The fourth-order valence-electron chi connectivity index (χ4n) is 2.85. The summed E-state index contributed by atoms with van der Waals surface area (Å²) in [6.45, 7) is 4.47. The van der Waals surface area contributed by atoms with Crippen molar-refractivity contribution in [3.63, 3.8) is 0 Å². The predicted octanol–water partition coefficient (Wildman–Crippen LogP) is 1.22. The molecule has 0 aliphatic carbocycles. The maximum absolute atomic E-state index is 6.02. The number of furan rings is 1. The molecule has 32 heavy (non-hydrogen) atoms. The number of nitrogen functional groups attached to an aromatic ring is 1. The van der Waals surface area contributed by atoms with Crippen LogP contribution >= 0.6 is 0 Å². The minimum absolute atomic E-state index is 0.0591. The molecule has 0 unspecified atom stereocenters. The molecule has 3 aromatic heterocycles. The largest absolute Gasteiger partial charge is 0.461 e. The van der Waals surface area contributed by atoms with Gasteiger partial charge in [0.1, 0.15) is 0 Å². The van der Waals surface area contributed by atoms with E-state index in [1.54, 1.807) is 18.4 Å². The molecule has 7 N–H and O–H groups in total. The molecule has 0 aliphatic rings. The molecule has 0 fully saturated rings. The number of hydrogen-bond acceptors (Lipinski definition) is 10. The molecule has 4 aromatic rings. The fourth-order valence-corrected chi connectivity index (χ4v) is 2.85. The van der Waals surface area contributed by atoms with Gasteiger partial charge in [0.2, 0.25) is 17.7 Å². The van der Waals surface area contributed by atoms with Crippen molar-refractivity contribution in [2.45, 2.75) is 26.3 Å². The molecular formula is C20H25N11O. The summed E-state index contributed by atoms with van der Waals surface area (Å²) in [6.07, 6.45) is 2.29. The molecule has 3 heterocycles. The molecule has 1 aromatic carbocycles. The number of benzene rings is 1. The summed E-state index contributed by atoms with van der Waals surface area (Å²) in [7, 11) is 0. The van der Waals surface area contributed by atoms with E-state index in [2.05, 4.69) is 30.5 Å². The van der Waals surface area contributed by atoms with Crippen LogP contribution in [0.2, 0.25) is 0 Å². The Hall–Kier alpha value is -4.19. The summed E-state index contributed by atoms with van der Waals surface area (Å²) in [5, 5.41) is 13.0. The first-order chi connectivity index (χ1) is 15.4. The van der Waals surface area contributed by atoms with Crippen molar-refractivity contribution in [2.75, 3.05) is 17.6 Å². The minimum Gasteiger partial charge on any atom is -0.461 e. The number of hydrazone groups is 1. The number of nitrogens with zero attached hydrogens (tertiary/aromatic N) is 7. The van der Waals surface area contributed by atoms with Crippen molar-refractivity contribution < 1.29 is 4.42 Å². The van der Waals surface area contributed by atoms with Crippen LogP contribution in [-0.4, -0.2) is 48.1 Å². The summed E-state index contributed by atoms with van der Waals surface area (Å²) in [4.78, 5) is 13.0. The van der Waals surface area contributed by atoms with E-state index in [9.17, 15) is 0 Å². The summed E-state index contributed by atoms with van der Waals surface area (Å²) < 4.78 is 6.69. The third kappa shape index (κ3) is 4.59. The standard InChI is InChI=1S/C20H25N11O/c1-12(2)31(23)28-16(21)14-7-5-13(6-8-14)9-10-24-19-26-18(22)30-20(27-19)25-17(29-30)15-4-3-11-32-15/h3-8,11-12H,9-10,23H2,1-2H3,(H2,21,28)(H3,22,24,25,26,27,29). The lowest BCUT2D eigenvalue weighted by Crippen LogP contribution is -2.35. The van der Waals surface area contributed by atoms with Crippen molar-refractivity contribution >= 4 is 23.5 Å². The number of amidine groups is 1. The highest BCUT2D eigenvalue weighted by Gasteiger charge is 2.13. The van der Waals surface area contributed by atoms with E-state index >= 15 is 0 Å². The lowest BCUT2D eigenvalue weighted by atomic mass is 10.1. The van der Waals surface area contributed by atoms with Crippen LogP contribution in [0.3, 0.4) is 0 Å². The number of hydrazine groups is 1. The molecule has 12 heteroatoms. The van der Waals surface area contributed by atoms with E-state index in [0.717, 1.165) is 17.5 Å². The number of fused-ring (bicyclic) bond motifs is 1. The topological polar surface area (TPSA) is 175 Å². The van der Waals surface area contributed by atoms with Crippen LogP contribution in [0.25, 0.3) is 17.4 Å². The van der Waals surface area contributed by atoms with Crippen LogP contribution in [0.5, 0.6) is 0 Å². The van der Waals surface area contributed by atoms with E-state index in [0.29, 0.717) is 35.7 Å². The maximum Gasteiger partial charge on any atom is 0.259 e. The van der Waals surface area contributed by atoms with E-state index in [4.69, 9.17) is 21.7 Å². The third-order valence-corrected chi connectivity index (χ3v) is 4.67. The molecule has 166 valence electrons. The van der Waals surface area contributed by atoms with Gasteiger partial charge < -0.3 is 21.2 Å². The van der Waals surface area contributed by atoms with Gasteiger partial charge in [-0.05, 0) is 38.0 Å². The zero-order chi connectivity index (χ0) is 22.7. The van der Waals surface area contributed by atoms with Crippen molar-refractivity contribution in [3.05, 3.63) is 53.8 Å². The van der Waals surface area contributed by atoms with Gasteiger partial charge in [0, 0.05) is 12.1 Å². The smallest absolute Gasteiger partial charge is 0.259 e. The Bertz CT molecular complexity index is 1210. The molecule has 0 saturated carbocycles. The molecule has 0 saturated heterocycles. The van der Waals surface area contributed by atoms with E-state index in [1.165, 1.54) is 9.63 Å². The molecule has 0 aliphatic heterocycles. The van der Waals surface area contributed by atoms with E-state index in [1.807, 2.05) is 38.1 Å². The van der Waals surface area contributed by atoms with Gasteiger partial charge in [-0.2, -0.15) is 19.5 Å². The molecule has 0 bridgehead atoms. The molecule has 0 atom stereocenters. The monoisotopic (exact) mass is 435 g/mol. The van der Waals surface area contributed by atoms with Gasteiger partial charge in [0.15, 0.2) is 11.6 Å². The average molecular weight is 435 g/mol. The Balaban J connectivity index is 1.39. The Morgan fingerprint density at radius 1 is 1.19 bits per heavy atom. The molecule has 0 radical (unpaired) electrons. The second-order valence-electron chi connectivity index (χ2n) is 7.36. The summed E-state index contributed by atoms with van der Waals surface area (Å²) in [6, 6.07) is 11.4. The van der Waals surface area contributed by atoms with E-state index < -0.39 is 0 Å². The summed E-state index contributed by atoms with van der Waals surface area (Å²) in [5.74, 6) is 7.97. The lowest BCUT2D eigenvalue weighted by molar-refractivity contribution is 0.239. The Morgan fingerprint density at radius 2 is 1.97 bits per heavy atom. The number of nitrogens with one attached hydrogen (secondary N) is 1. The highest BCUT2D eigenvalue weighted by atomic mass is 16.3. The number of aromatic nitrogens is 5. The maximum atomic E-state index is 6.02. The number of anilines is 2. The highest BCUT2D eigenvalue weighted by Crippen LogP contribution is 2.17. The molecule has 12 nitrogen and oxygen atoms in total. The second-order valence-corrected chi connectivity index (χ2v) is 7.36. The number of hydrogen-bond donors (Lipinski definition) is 4. The summed E-state index contributed by atoms with van der Waals surface area (Å²) in [5.41, 5.74) is 13.9. The van der Waals surface area contributed by atoms with Crippen molar-refractivity contribution in [2.24, 2.45) is 16.7 Å². The van der Waals surface area contributed by atoms with Crippen molar-refractivity contribution in [1.29, 1.82) is 0 Å². The van der Waals surface area contributed by atoms with Crippen LogP contribution in [0.1, 0.15) is 25.0 Å². The highest BCUT2D eigenvalue weighted by molar-refractivity contribution is 5.97. The van der Waals surface area contributed by atoms with Gasteiger partial charge in [0.25, 0.3) is 5.78 Å². The van der Waals surface area contributed by atoms with Gasteiger partial charge in [0.05, 0.1) is 12.3 Å². The molecule has 0 spiro atoms. The van der Waals surface area contributed by atoms with Gasteiger partial charge in [-0.15, -0.1) is 10.2 Å². The zero-order valence-corrected chi connectivity index (χ0v) is 17.8. The molecular weight excluding hydrogens is 410 g/mol. The van der Waals surface area contributed by atoms with Crippen molar-refractivity contribution in [3.8, 4) is 11.6 Å². The third-order valence-electron chi connectivity index (χ3n) is 4.67. The van der Waals surface area contributed by atoms with Crippen LogP contribution in [0, 0.1) is 0 Å². The SMILES string of the molecule is CC(C)N(N)/N=C(\N)c1ccc(CCNc2nc(N)n3nc(-c4ccco4)nc3n2)cc1. The van der Waals surface area contributed by atoms with Gasteiger partial charge in [-0.3, -0.25) is 0 Å². The Labute approximate surface area is 184 Å².